The summed E-state index contributed by atoms with van der Waals surface area (Å²) in [7, 11) is 0. The van der Waals surface area contributed by atoms with Gasteiger partial charge in [0.05, 0.1) is 12.6 Å². The summed E-state index contributed by atoms with van der Waals surface area (Å²) in [5.74, 6) is -2.87. The highest BCUT2D eigenvalue weighted by Crippen LogP contribution is 2.27. The van der Waals surface area contributed by atoms with Crippen molar-refractivity contribution in [1.29, 1.82) is 0 Å². The number of amides is 1. The Morgan fingerprint density at radius 1 is 1.33 bits per heavy atom. The highest BCUT2D eigenvalue weighted by Gasteiger charge is 2.50. The average molecular weight is 265 g/mol. The second kappa shape index (κ2) is 5.47. The lowest BCUT2D eigenvalue weighted by molar-refractivity contribution is -0.291. The fourth-order valence-corrected chi connectivity index (χ4v) is 1.98. The molecule has 1 aliphatic rings. The van der Waals surface area contributed by atoms with E-state index in [1.54, 1.807) is 0 Å². The van der Waals surface area contributed by atoms with Gasteiger partial charge >= 0.3 is 0 Å². The molecule has 0 aromatic rings. The Kier molecular flexibility index (Phi) is 4.65. The summed E-state index contributed by atoms with van der Waals surface area (Å²) >= 11 is 0. The first-order valence-corrected chi connectivity index (χ1v) is 5.52. The predicted molar refractivity (Wildman–Crippen MR) is 58.2 cm³/mol. The van der Waals surface area contributed by atoms with Crippen LogP contribution in [0.25, 0.3) is 0 Å². The number of ether oxygens (including phenoxy) is 1. The van der Waals surface area contributed by atoms with Crippen molar-refractivity contribution in [3.8, 4) is 0 Å². The van der Waals surface area contributed by atoms with Gasteiger partial charge in [0.15, 0.2) is 5.79 Å². The molecule has 1 amide bonds. The molecule has 1 heterocycles. The SMILES string of the molecule is CC(=O)N[C@@H]1[C@@H](O)[C@H](O)[C@@H](CO)O[C@H]1C(C)(O)O. The first-order valence-electron chi connectivity index (χ1n) is 5.52. The number of aliphatic hydroxyl groups excluding tert-OH is 3. The third kappa shape index (κ3) is 3.16. The van der Waals surface area contributed by atoms with Crippen molar-refractivity contribution in [3.05, 3.63) is 0 Å². The Morgan fingerprint density at radius 3 is 2.28 bits per heavy atom. The molecular formula is C10H19NO7. The molecule has 0 aliphatic carbocycles. The standard InChI is InChI=1S/C10H19NO7/c1-4(13)11-6-8(15)7(14)5(3-12)18-9(6)10(2,16)17/h5-9,12,14-17H,3H2,1-2H3,(H,11,13)/t5-,6-,7-,8-,9-/m1/s1. The van der Waals surface area contributed by atoms with Crippen molar-refractivity contribution in [2.75, 3.05) is 6.61 Å². The fraction of sp³-hybridized carbons (Fsp3) is 0.900. The van der Waals surface area contributed by atoms with Crippen LogP contribution in [0.3, 0.4) is 0 Å². The number of carbonyl (C=O) groups excluding carboxylic acids is 1. The Balaban J connectivity index is 2.98. The monoisotopic (exact) mass is 265 g/mol. The van der Waals surface area contributed by atoms with Crippen LogP contribution < -0.4 is 5.32 Å². The van der Waals surface area contributed by atoms with Crippen LogP contribution in [0.15, 0.2) is 0 Å². The van der Waals surface area contributed by atoms with E-state index in [2.05, 4.69) is 5.32 Å². The summed E-state index contributed by atoms with van der Waals surface area (Å²) in [5, 5.41) is 49.9. The lowest BCUT2D eigenvalue weighted by atomic mass is 9.89. The molecule has 0 aromatic carbocycles. The first kappa shape index (κ1) is 15.3. The molecule has 6 N–H and O–H groups in total. The molecule has 0 saturated carbocycles. The molecule has 1 aliphatic heterocycles. The molecule has 0 radical (unpaired) electrons. The summed E-state index contributed by atoms with van der Waals surface area (Å²) in [6, 6.07) is -1.19. The van der Waals surface area contributed by atoms with Crippen molar-refractivity contribution in [3.63, 3.8) is 0 Å². The molecule has 1 saturated heterocycles. The first-order chi connectivity index (χ1) is 8.18. The minimum Gasteiger partial charge on any atom is -0.394 e. The van der Waals surface area contributed by atoms with Crippen LogP contribution in [0, 0.1) is 0 Å². The van der Waals surface area contributed by atoms with E-state index in [9.17, 15) is 25.2 Å². The van der Waals surface area contributed by atoms with Crippen LogP contribution in [0.4, 0.5) is 0 Å². The lowest BCUT2D eigenvalue weighted by Gasteiger charge is -2.45. The predicted octanol–water partition coefficient (Wildman–Crippen LogP) is -3.33. The highest BCUT2D eigenvalue weighted by atomic mass is 16.6. The van der Waals surface area contributed by atoms with E-state index < -0.39 is 48.8 Å². The number of hydrogen-bond acceptors (Lipinski definition) is 7. The number of hydrogen-bond donors (Lipinski definition) is 6. The largest absolute Gasteiger partial charge is 0.394 e. The molecule has 1 rings (SSSR count). The van der Waals surface area contributed by atoms with Crippen LogP contribution in [0.2, 0.25) is 0 Å². The third-order valence-electron chi connectivity index (χ3n) is 2.84. The zero-order chi connectivity index (χ0) is 14.1. The van der Waals surface area contributed by atoms with Crippen LogP contribution >= 0.6 is 0 Å². The number of carbonyl (C=O) groups is 1. The topological polar surface area (TPSA) is 139 Å². The van der Waals surface area contributed by atoms with Crippen LogP contribution in [-0.4, -0.2) is 74.3 Å². The van der Waals surface area contributed by atoms with Gasteiger partial charge in [-0.05, 0) is 6.92 Å². The molecule has 5 atom stereocenters. The molecular weight excluding hydrogens is 246 g/mol. The summed E-state index contributed by atoms with van der Waals surface area (Å²) in [4.78, 5) is 11.0. The van der Waals surface area contributed by atoms with Crippen LogP contribution in [0.5, 0.6) is 0 Å². The summed E-state index contributed by atoms with van der Waals surface area (Å²) in [5.41, 5.74) is 0. The quantitative estimate of drug-likeness (QED) is 0.293. The zero-order valence-electron chi connectivity index (χ0n) is 10.1. The van der Waals surface area contributed by atoms with Crippen molar-refractivity contribution in [2.24, 2.45) is 0 Å². The van der Waals surface area contributed by atoms with Crippen molar-refractivity contribution >= 4 is 5.91 Å². The van der Waals surface area contributed by atoms with E-state index in [4.69, 9.17) is 9.84 Å². The molecule has 8 heteroatoms. The fourth-order valence-electron chi connectivity index (χ4n) is 1.98. The Bertz CT molecular complexity index is 303. The minimum atomic E-state index is -2.35. The smallest absolute Gasteiger partial charge is 0.217 e. The molecule has 106 valence electrons. The normalized spacial score (nSPS) is 37.4. The maximum atomic E-state index is 11.0. The van der Waals surface area contributed by atoms with Gasteiger partial charge < -0.3 is 35.6 Å². The van der Waals surface area contributed by atoms with Gasteiger partial charge in [0.2, 0.25) is 5.91 Å². The second-order valence-electron chi connectivity index (χ2n) is 4.58. The van der Waals surface area contributed by atoms with E-state index in [0.29, 0.717) is 0 Å². The molecule has 0 spiro atoms. The van der Waals surface area contributed by atoms with Gasteiger partial charge in [-0.1, -0.05) is 0 Å². The molecule has 0 aromatic heterocycles. The van der Waals surface area contributed by atoms with Crippen molar-refractivity contribution in [2.45, 2.75) is 50.1 Å². The maximum Gasteiger partial charge on any atom is 0.217 e. The number of rotatable bonds is 3. The summed E-state index contributed by atoms with van der Waals surface area (Å²) in [6.07, 6.45) is -5.46. The Labute approximate surface area is 104 Å². The van der Waals surface area contributed by atoms with Crippen LogP contribution in [0.1, 0.15) is 13.8 Å². The number of aliphatic hydroxyl groups is 5. The Hall–Kier alpha value is -0.770. The molecule has 8 nitrogen and oxygen atoms in total. The van der Waals surface area contributed by atoms with E-state index >= 15 is 0 Å². The van der Waals surface area contributed by atoms with Gasteiger partial charge in [-0.2, -0.15) is 0 Å². The van der Waals surface area contributed by atoms with Gasteiger partial charge in [0, 0.05) is 6.92 Å². The second-order valence-corrected chi connectivity index (χ2v) is 4.58. The minimum absolute atomic E-state index is 0.522. The van der Waals surface area contributed by atoms with E-state index in [0.717, 1.165) is 6.92 Å². The molecule has 0 unspecified atom stereocenters. The van der Waals surface area contributed by atoms with Crippen LogP contribution in [-0.2, 0) is 9.53 Å². The molecule has 18 heavy (non-hydrogen) atoms. The van der Waals surface area contributed by atoms with Gasteiger partial charge in [0.25, 0.3) is 0 Å². The lowest BCUT2D eigenvalue weighted by Crippen LogP contribution is -2.69. The van der Waals surface area contributed by atoms with Crippen molar-refractivity contribution < 1.29 is 35.1 Å². The van der Waals surface area contributed by atoms with Crippen molar-refractivity contribution in [1.82, 2.24) is 5.32 Å². The summed E-state index contributed by atoms with van der Waals surface area (Å²) < 4.78 is 5.12. The van der Waals surface area contributed by atoms with Gasteiger partial charge in [-0.25, -0.2) is 0 Å². The van der Waals surface area contributed by atoms with E-state index in [1.165, 1.54) is 6.92 Å². The summed E-state index contributed by atoms with van der Waals surface area (Å²) in [6.45, 7) is 1.60. The average Bonchev–Trinajstić information content (AvgIpc) is 2.23. The molecule has 1 fully saturated rings. The number of nitrogens with one attached hydrogen (secondary N) is 1. The molecule has 0 bridgehead atoms. The zero-order valence-corrected chi connectivity index (χ0v) is 10.1. The van der Waals surface area contributed by atoms with Gasteiger partial charge in [-0.3, -0.25) is 4.79 Å². The third-order valence-corrected chi connectivity index (χ3v) is 2.84. The van der Waals surface area contributed by atoms with E-state index in [1.807, 2.05) is 0 Å². The van der Waals surface area contributed by atoms with Gasteiger partial charge in [-0.15, -0.1) is 0 Å². The maximum absolute atomic E-state index is 11.0. The van der Waals surface area contributed by atoms with Gasteiger partial charge in [0.1, 0.15) is 24.4 Å². The Morgan fingerprint density at radius 2 is 1.89 bits per heavy atom. The van der Waals surface area contributed by atoms with E-state index in [-0.39, 0.29) is 0 Å². The highest BCUT2D eigenvalue weighted by molar-refractivity contribution is 5.73.